The summed E-state index contributed by atoms with van der Waals surface area (Å²) < 4.78 is 23.5. The van der Waals surface area contributed by atoms with Gasteiger partial charge in [-0.15, -0.1) is 11.3 Å². The summed E-state index contributed by atoms with van der Waals surface area (Å²) >= 11 is 1.35. The van der Waals surface area contributed by atoms with Gasteiger partial charge >= 0.3 is 5.97 Å². The van der Waals surface area contributed by atoms with Crippen LogP contribution in [0.4, 0.5) is 4.39 Å². The summed E-state index contributed by atoms with van der Waals surface area (Å²) in [6.07, 6.45) is 1.20. The maximum absolute atomic E-state index is 12.9. The molecule has 24 heavy (non-hydrogen) atoms. The first-order valence-corrected chi connectivity index (χ1v) is 7.97. The van der Waals surface area contributed by atoms with Gasteiger partial charge in [0.25, 0.3) is 5.88 Å². The maximum atomic E-state index is 12.9. The number of nitrogens with zero attached hydrogens (tertiary/aromatic N) is 1. The fraction of sp³-hybridized carbons (Fsp3) is 0.176. The number of esters is 1. The Morgan fingerprint density at radius 1 is 1.38 bits per heavy atom. The first-order chi connectivity index (χ1) is 11.6. The Kier molecular flexibility index (Phi) is 4.73. The van der Waals surface area contributed by atoms with Crippen LogP contribution in [0.3, 0.4) is 0 Å². The highest BCUT2D eigenvalue weighted by atomic mass is 32.1. The molecule has 0 unspecified atom stereocenters. The Labute approximate surface area is 141 Å². The number of aliphatic hydroxyl groups is 1. The van der Waals surface area contributed by atoms with E-state index in [1.165, 1.54) is 42.0 Å². The predicted molar refractivity (Wildman–Crippen MR) is 86.2 cm³/mol. The van der Waals surface area contributed by atoms with Crippen LogP contribution in [0.5, 0.6) is 5.88 Å². The van der Waals surface area contributed by atoms with Crippen molar-refractivity contribution in [2.24, 2.45) is 0 Å². The average Bonchev–Trinajstić information content (AvgIpc) is 3.15. The third-order valence-electron chi connectivity index (χ3n) is 3.39. The van der Waals surface area contributed by atoms with Crippen LogP contribution in [0, 0.1) is 12.7 Å². The van der Waals surface area contributed by atoms with Crippen LogP contribution < -0.4 is 4.74 Å². The zero-order chi connectivity index (χ0) is 17.1. The number of carbonyl (C=O) groups excluding carboxylic acids is 1. The lowest BCUT2D eigenvalue weighted by atomic mass is 10.1. The third-order valence-corrected chi connectivity index (χ3v) is 4.62. The molecule has 7 heteroatoms. The average molecular weight is 347 g/mol. The minimum atomic E-state index is -0.521. The molecule has 0 radical (unpaired) electrons. The van der Waals surface area contributed by atoms with Gasteiger partial charge in [-0.25, -0.2) is 4.39 Å². The standard InChI is InChI=1S/C17H14FNO4S/c1-10-6-13(24-14(10)8-20)16-17(19-9-22-16)23-15(21)7-11-2-4-12(18)5-3-11/h2-6,9,20H,7-8H2,1H3. The molecule has 0 atom stereocenters. The van der Waals surface area contributed by atoms with Crippen LogP contribution >= 0.6 is 11.3 Å². The number of oxazole rings is 1. The number of hydrogen-bond donors (Lipinski definition) is 1. The summed E-state index contributed by atoms with van der Waals surface area (Å²) in [7, 11) is 0. The summed E-state index contributed by atoms with van der Waals surface area (Å²) in [4.78, 5) is 17.5. The van der Waals surface area contributed by atoms with Gasteiger partial charge < -0.3 is 14.3 Å². The molecule has 0 fully saturated rings. The molecule has 0 aliphatic rings. The molecule has 2 heterocycles. The fourth-order valence-corrected chi connectivity index (χ4v) is 3.19. The molecule has 3 aromatic rings. The van der Waals surface area contributed by atoms with Gasteiger partial charge in [0.15, 0.2) is 6.39 Å². The molecule has 0 aliphatic heterocycles. The van der Waals surface area contributed by atoms with Gasteiger partial charge in [0.1, 0.15) is 5.82 Å². The molecule has 0 saturated carbocycles. The van der Waals surface area contributed by atoms with Gasteiger partial charge in [-0.1, -0.05) is 12.1 Å². The SMILES string of the molecule is Cc1cc(-c2ocnc2OC(=O)Cc2ccc(F)cc2)sc1CO. The van der Waals surface area contributed by atoms with Crippen LogP contribution in [0.25, 0.3) is 10.6 Å². The van der Waals surface area contributed by atoms with Crippen molar-refractivity contribution < 1.29 is 23.4 Å². The summed E-state index contributed by atoms with van der Waals surface area (Å²) in [5.41, 5.74) is 1.57. The number of aliphatic hydroxyl groups excluding tert-OH is 1. The van der Waals surface area contributed by atoms with E-state index in [9.17, 15) is 14.3 Å². The number of benzene rings is 1. The smallest absolute Gasteiger partial charge is 0.317 e. The highest BCUT2D eigenvalue weighted by Gasteiger charge is 2.19. The highest BCUT2D eigenvalue weighted by molar-refractivity contribution is 7.15. The van der Waals surface area contributed by atoms with Gasteiger partial charge in [0.2, 0.25) is 5.76 Å². The molecule has 124 valence electrons. The summed E-state index contributed by atoms with van der Waals surface area (Å²) in [6.45, 7) is 1.81. The second kappa shape index (κ2) is 6.94. The predicted octanol–water partition coefficient (Wildman–Crippen LogP) is 3.49. The van der Waals surface area contributed by atoms with Crippen molar-refractivity contribution in [3.05, 3.63) is 58.5 Å². The summed E-state index contributed by atoms with van der Waals surface area (Å²) in [5, 5.41) is 9.28. The van der Waals surface area contributed by atoms with Crippen LogP contribution in [0.2, 0.25) is 0 Å². The van der Waals surface area contributed by atoms with Crippen molar-refractivity contribution in [3.63, 3.8) is 0 Å². The molecule has 1 N–H and O–H groups in total. The number of aromatic nitrogens is 1. The topological polar surface area (TPSA) is 72.6 Å². The van der Waals surface area contributed by atoms with Gasteiger partial charge in [0.05, 0.1) is 17.9 Å². The van der Waals surface area contributed by atoms with E-state index in [1.54, 1.807) is 0 Å². The zero-order valence-electron chi connectivity index (χ0n) is 12.8. The fourth-order valence-electron chi connectivity index (χ4n) is 2.17. The minimum Gasteiger partial charge on any atom is -0.438 e. The van der Waals surface area contributed by atoms with Gasteiger partial charge in [-0.2, -0.15) is 4.98 Å². The normalized spacial score (nSPS) is 10.8. The Balaban J connectivity index is 1.75. The molecule has 0 bridgehead atoms. The number of ether oxygens (including phenoxy) is 1. The van der Waals surface area contributed by atoms with Crippen LogP contribution in [-0.2, 0) is 17.8 Å². The van der Waals surface area contributed by atoms with E-state index >= 15 is 0 Å². The van der Waals surface area contributed by atoms with Gasteiger partial charge in [0, 0.05) is 4.88 Å². The molecule has 0 saturated heterocycles. The number of thiophene rings is 1. The first-order valence-electron chi connectivity index (χ1n) is 7.16. The van der Waals surface area contributed by atoms with Crippen LogP contribution in [0.15, 0.2) is 41.1 Å². The summed E-state index contributed by atoms with van der Waals surface area (Å²) in [5.74, 6) is -0.464. The molecule has 1 aromatic carbocycles. The molecule has 3 rings (SSSR count). The van der Waals surface area contributed by atoms with Gasteiger partial charge in [-0.05, 0) is 36.2 Å². The number of halogens is 1. The van der Waals surface area contributed by atoms with E-state index in [4.69, 9.17) is 9.15 Å². The number of hydrogen-bond acceptors (Lipinski definition) is 6. The van der Waals surface area contributed by atoms with Crippen molar-refractivity contribution in [2.75, 3.05) is 0 Å². The van der Waals surface area contributed by atoms with Crippen molar-refractivity contribution in [2.45, 2.75) is 20.0 Å². The number of aryl methyl sites for hydroxylation is 1. The minimum absolute atomic E-state index is 0.00205. The Morgan fingerprint density at radius 2 is 2.12 bits per heavy atom. The van der Waals surface area contributed by atoms with Crippen molar-refractivity contribution in [1.82, 2.24) is 4.98 Å². The monoisotopic (exact) mass is 347 g/mol. The van der Waals surface area contributed by atoms with E-state index < -0.39 is 5.97 Å². The molecule has 0 spiro atoms. The van der Waals surface area contributed by atoms with Crippen LogP contribution in [0.1, 0.15) is 16.0 Å². The molecule has 5 nitrogen and oxygen atoms in total. The van der Waals surface area contributed by atoms with E-state index in [1.807, 2.05) is 13.0 Å². The Bertz CT molecular complexity index is 854. The van der Waals surface area contributed by atoms with E-state index in [-0.39, 0.29) is 24.7 Å². The molecule has 2 aromatic heterocycles. The van der Waals surface area contributed by atoms with Crippen molar-refractivity contribution >= 4 is 17.3 Å². The Hall–Kier alpha value is -2.51. The van der Waals surface area contributed by atoms with Gasteiger partial charge in [-0.3, -0.25) is 4.79 Å². The number of carbonyl (C=O) groups is 1. The largest absolute Gasteiger partial charge is 0.438 e. The lowest BCUT2D eigenvalue weighted by Crippen LogP contribution is -2.11. The molecular formula is C17H14FNO4S. The van der Waals surface area contributed by atoms with Crippen molar-refractivity contribution in [1.29, 1.82) is 0 Å². The second-order valence-electron chi connectivity index (χ2n) is 5.14. The van der Waals surface area contributed by atoms with Crippen molar-refractivity contribution in [3.8, 4) is 16.5 Å². The first kappa shape index (κ1) is 16.4. The molecule has 0 aliphatic carbocycles. The number of rotatable bonds is 5. The Morgan fingerprint density at radius 3 is 2.79 bits per heavy atom. The van der Waals surface area contributed by atoms with E-state index in [2.05, 4.69) is 4.98 Å². The molecule has 0 amide bonds. The summed E-state index contributed by atoms with van der Waals surface area (Å²) in [6, 6.07) is 7.46. The lowest BCUT2D eigenvalue weighted by molar-refractivity contribution is -0.133. The second-order valence-corrected chi connectivity index (χ2v) is 6.28. The quantitative estimate of drug-likeness (QED) is 0.715. The highest BCUT2D eigenvalue weighted by Crippen LogP contribution is 2.36. The third kappa shape index (κ3) is 3.52. The zero-order valence-corrected chi connectivity index (χ0v) is 13.6. The van der Waals surface area contributed by atoms with E-state index in [0.29, 0.717) is 11.3 Å². The van der Waals surface area contributed by atoms with E-state index in [0.717, 1.165) is 15.3 Å². The van der Waals surface area contributed by atoms with Crippen LogP contribution in [-0.4, -0.2) is 16.1 Å². The lowest BCUT2D eigenvalue weighted by Gasteiger charge is -2.02. The maximum Gasteiger partial charge on any atom is 0.317 e. The molecular weight excluding hydrogens is 333 g/mol.